The second kappa shape index (κ2) is 4.82. The number of anilines is 1. The number of nitrogens with two attached hydrogens (primary N) is 1. The molecule has 3 nitrogen and oxygen atoms in total. The lowest BCUT2D eigenvalue weighted by atomic mass is 10.1. The normalized spacial score (nSPS) is 23.2. The first-order valence-electron chi connectivity index (χ1n) is 7.04. The van der Waals surface area contributed by atoms with Crippen molar-refractivity contribution in [3.8, 4) is 0 Å². The first kappa shape index (κ1) is 12.4. The lowest BCUT2D eigenvalue weighted by molar-refractivity contribution is 0.625. The number of para-hydroxylation sites is 1. The molecule has 1 fully saturated rings. The van der Waals surface area contributed by atoms with Gasteiger partial charge in [-0.25, -0.2) is 0 Å². The largest absolute Gasteiger partial charge is 0.368 e. The predicted octanol–water partition coefficient (Wildman–Crippen LogP) is 2.93. The molecule has 1 aliphatic rings. The fourth-order valence-corrected chi connectivity index (χ4v) is 3.19. The molecule has 0 amide bonds. The van der Waals surface area contributed by atoms with Gasteiger partial charge in [0.15, 0.2) is 0 Å². The van der Waals surface area contributed by atoms with Gasteiger partial charge in [0.25, 0.3) is 0 Å². The first-order chi connectivity index (χ1) is 9.19. The van der Waals surface area contributed by atoms with Crippen LogP contribution >= 0.6 is 0 Å². The quantitative estimate of drug-likeness (QED) is 0.897. The Labute approximate surface area is 114 Å². The number of benzene rings is 1. The van der Waals surface area contributed by atoms with E-state index in [4.69, 9.17) is 5.73 Å². The van der Waals surface area contributed by atoms with Crippen molar-refractivity contribution in [1.29, 1.82) is 0 Å². The van der Waals surface area contributed by atoms with Crippen LogP contribution in [0.15, 0.2) is 30.3 Å². The summed E-state index contributed by atoms with van der Waals surface area (Å²) in [6.07, 6.45) is 1.26. The van der Waals surface area contributed by atoms with Gasteiger partial charge < -0.3 is 10.6 Å². The molecular weight excluding hydrogens is 234 g/mol. The fourth-order valence-electron chi connectivity index (χ4n) is 3.19. The molecule has 0 spiro atoms. The molecule has 100 valence electrons. The van der Waals surface area contributed by atoms with E-state index in [-0.39, 0.29) is 0 Å². The molecule has 1 saturated heterocycles. The minimum absolute atomic E-state index is 0.496. The highest BCUT2D eigenvalue weighted by atomic mass is 15.2. The zero-order valence-electron chi connectivity index (χ0n) is 11.6. The molecule has 3 rings (SSSR count). The van der Waals surface area contributed by atoms with Crippen molar-refractivity contribution in [1.82, 2.24) is 4.98 Å². The lowest BCUT2D eigenvalue weighted by Gasteiger charge is -2.26. The van der Waals surface area contributed by atoms with E-state index in [0.717, 1.165) is 23.7 Å². The van der Waals surface area contributed by atoms with Crippen LogP contribution in [-0.2, 0) is 6.54 Å². The van der Waals surface area contributed by atoms with Gasteiger partial charge in [0.2, 0.25) is 0 Å². The van der Waals surface area contributed by atoms with Crippen LogP contribution < -0.4 is 10.6 Å². The Morgan fingerprint density at radius 3 is 2.79 bits per heavy atom. The van der Waals surface area contributed by atoms with Gasteiger partial charge in [-0.3, -0.25) is 4.98 Å². The minimum atomic E-state index is 0.496. The smallest absolute Gasteiger partial charge is 0.0726 e. The van der Waals surface area contributed by atoms with Crippen molar-refractivity contribution in [3.63, 3.8) is 0 Å². The number of pyridine rings is 1. The summed E-state index contributed by atoms with van der Waals surface area (Å²) in [5.41, 5.74) is 9.10. The highest BCUT2D eigenvalue weighted by Crippen LogP contribution is 2.34. The summed E-state index contributed by atoms with van der Waals surface area (Å²) in [4.78, 5) is 7.13. The lowest BCUT2D eigenvalue weighted by Crippen LogP contribution is -2.27. The van der Waals surface area contributed by atoms with E-state index in [9.17, 15) is 0 Å². The van der Waals surface area contributed by atoms with Crippen LogP contribution in [0.5, 0.6) is 0 Å². The molecule has 2 heterocycles. The molecule has 0 radical (unpaired) electrons. The van der Waals surface area contributed by atoms with Crippen molar-refractivity contribution >= 4 is 16.6 Å². The van der Waals surface area contributed by atoms with Crippen LogP contribution in [-0.4, -0.2) is 17.6 Å². The van der Waals surface area contributed by atoms with Crippen molar-refractivity contribution in [2.24, 2.45) is 11.7 Å². The van der Waals surface area contributed by atoms with Crippen LogP contribution in [0.3, 0.4) is 0 Å². The summed E-state index contributed by atoms with van der Waals surface area (Å²) in [7, 11) is 0. The number of nitrogens with zero attached hydrogens (tertiary/aromatic N) is 2. The summed E-state index contributed by atoms with van der Waals surface area (Å²) in [6.45, 7) is 6.25. The number of fused-ring (bicyclic) bond motifs is 1. The minimum Gasteiger partial charge on any atom is -0.368 e. The zero-order chi connectivity index (χ0) is 13.4. The van der Waals surface area contributed by atoms with Crippen molar-refractivity contribution in [2.45, 2.75) is 32.9 Å². The maximum absolute atomic E-state index is 5.79. The standard InChI is InChI=1S/C16H21N3/c1-11-7-12(2)19(10-11)16-8-13(9-17)18-15-6-4-3-5-14(15)16/h3-6,8,11-12H,7,9-10,17H2,1-2H3. The van der Waals surface area contributed by atoms with E-state index in [0.29, 0.717) is 12.6 Å². The Kier molecular flexibility index (Phi) is 3.15. The Morgan fingerprint density at radius 2 is 2.11 bits per heavy atom. The summed E-state index contributed by atoms with van der Waals surface area (Å²) >= 11 is 0. The average Bonchev–Trinajstić information content (AvgIpc) is 2.76. The van der Waals surface area contributed by atoms with E-state index >= 15 is 0 Å². The van der Waals surface area contributed by atoms with Crippen LogP contribution in [0.1, 0.15) is 26.0 Å². The maximum atomic E-state index is 5.79. The van der Waals surface area contributed by atoms with Gasteiger partial charge in [0, 0.05) is 30.2 Å². The topological polar surface area (TPSA) is 42.1 Å². The molecule has 2 N–H and O–H groups in total. The van der Waals surface area contributed by atoms with Crippen LogP contribution in [0.4, 0.5) is 5.69 Å². The summed E-state index contributed by atoms with van der Waals surface area (Å²) < 4.78 is 0. The third kappa shape index (κ3) is 2.19. The van der Waals surface area contributed by atoms with Crippen LogP contribution in [0, 0.1) is 5.92 Å². The highest BCUT2D eigenvalue weighted by Gasteiger charge is 2.27. The molecule has 2 aromatic rings. The van der Waals surface area contributed by atoms with Crippen molar-refractivity contribution in [2.75, 3.05) is 11.4 Å². The Bertz CT molecular complexity index is 594. The Hall–Kier alpha value is -1.61. The maximum Gasteiger partial charge on any atom is 0.0726 e. The molecule has 0 aliphatic carbocycles. The summed E-state index contributed by atoms with van der Waals surface area (Å²) in [6, 6.07) is 11.1. The molecule has 1 aromatic carbocycles. The summed E-state index contributed by atoms with van der Waals surface area (Å²) in [5.74, 6) is 0.753. The van der Waals surface area contributed by atoms with Gasteiger partial charge in [-0.2, -0.15) is 0 Å². The van der Waals surface area contributed by atoms with Crippen molar-refractivity contribution < 1.29 is 0 Å². The average molecular weight is 255 g/mol. The van der Waals surface area contributed by atoms with E-state index in [2.05, 4.69) is 48.0 Å². The van der Waals surface area contributed by atoms with E-state index in [1.807, 2.05) is 6.07 Å². The molecule has 1 aliphatic heterocycles. The molecule has 19 heavy (non-hydrogen) atoms. The highest BCUT2D eigenvalue weighted by molar-refractivity contribution is 5.92. The molecular formula is C16H21N3. The molecule has 2 unspecified atom stereocenters. The predicted molar refractivity (Wildman–Crippen MR) is 80.2 cm³/mol. The van der Waals surface area contributed by atoms with Crippen LogP contribution in [0.25, 0.3) is 10.9 Å². The monoisotopic (exact) mass is 255 g/mol. The van der Waals surface area contributed by atoms with Gasteiger partial charge in [-0.15, -0.1) is 0 Å². The van der Waals surface area contributed by atoms with Gasteiger partial charge in [-0.1, -0.05) is 25.1 Å². The number of aromatic nitrogens is 1. The van der Waals surface area contributed by atoms with Gasteiger partial charge in [-0.05, 0) is 31.4 Å². The molecule has 0 saturated carbocycles. The van der Waals surface area contributed by atoms with E-state index < -0.39 is 0 Å². The van der Waals surface area contributed by atoms with Gasteiger partial charge in [0.1, 0.15) is 0 Å². The third-order valence-corrected chi connectivity index (χ3v) is 4.05. The summed E-state index contributed by atoms with van der Waals surface area (Å²) in [5, 5.41) is 1.24. The Morgan fingerprint density at radius 1 is 1.32 bits per heavy atom. The Balaban J connectivity index is 2.16. The molecule has 0 bridgehead atoms. The van der Waals surface area contributed by atoms with E-state index in [1.54, 1.807) is 0 Å². The second-order valence-electron chi connectivity index (χ2n) is 5.70. The van der Waals surface area contributed by atoms with Gasteiger partial charge in [0.05, 0.1) is 11.2 Å². The third-order valence-electron chi connectivity index (χ3n) is 4.05. The molecule has 2 atom stereocenters. The van der Waals surface area contributed by atoms with Gasteiger partial charge >= 0.3 is 0 Å². The van der Waals surface area contributed by atoms with Crippen LogP contribution in [0.2, 0.25) is 0 Å². The zero-order valence-corrected chi connectivity index (χ0v) is 11.6. The van der Waals surface area contributed by atoms with E-state index in [1.165, 1.54) is 17.5 Å². The fraction of sp³-hybridized carbons (Fsp3) is 0.438. The number of hydrogen-bond donors (Lipinski definition) is 1. The first-order valence-corrected chi connectivity index (χ1v) is 7.04. The second-order valence-corrected chi connectivity index (χ2v) is 5.70. The molecule has 3 heteroatoms. The molecule has 1 aromatic heterocycles. The number of hydrogen-bond acceptors (Lipinski definition) is 3. The number of rotatable bonds is 2. The SMILES string of the molecule is CC1CC(C)N(c2cc(CN)nc3ccccc23)C1. The van der Waals surface area contributed by atoms with Crippen molar-refractivity contribution in [3.05, 3.63) is 36.0 Å².